The second-order valence-corrected chi connectivity index (χ2v) is 8.41. The molecule has 0 unspecified atom stereocenters. The highest BCUT2D eigenvalue weighted by atomic mass is 16.5. The Labute approximate surface area is 194 Å². The van der Waals surface area contributed by atoms with Gasteiger partial charge in [-0.3, -0.25) is 14.4 Å². The van der Waals surface area contributed by atoms with Crippen molar-refractivity contribution in [2.45, 2.75) is 25.3 Å². The van der Waals surface area contributed by atoms with Gasteiger partial charge in [-0.05, 0) is 56.2 Å². The molecule has 0 atom stereocenters. The molecule has 2 aliphatic heterocycles. The highest BCUT2D eigenvalue weighted by Gasteiger charge is 2.54. The minimum atomic E-state index is -0.759. The summed E-state index contributed by atoms with van der Waals surface area (Å²) in [4.78, 5) is 44.4. The van der Waals surface area contributed by atoms with E-state index in [4.69, 9.17) is 4.74 Å². The van der Waals surface area contributed by atoms with Gasteiger partial charge in [0.05, 0.1) is 13.8 Å². The van der Waals surface area contributed by atoms with E-state index < -0.39 is 5.54 Å². The molecule has 2 aromatic carbocycles. The fraction of sp³-hybridized carbons (Fsp3) is 0.400. The smallest absolute Gasteiger partial charge is 0.253 e. The highest BCUT2D eigenvalue weighted by Crippen LogP contribution is 2.39. The first kappa shape index (κ1) is 22.6. The molecule has 0 saturated carbocycles. The Morgan fingerprint density at radius 1 is 1.03 bits per heavy atom. The molecule has 0 bridgehead atoms. The van der Waals surface area contributed by atoms with Crippen LogP contribution >= 0.6 is 0 Å². The zero-order valence-electron chi connectivity index (χ0n) is 19.1. The molecule has 0 radical (unpaired) electrons. The zero-order chi connectivity index (χ0) is 23.4. The molecular formula is C25H30N4O4. The summed E-state index contributed by atoms with van der Waals surface area (Å²) in [5.41, 5.74) is 0.784. The van der Waals surface area contributed by atoms with Crippen LogP contribution in [-0.2, 0) is 9.59 Å². The molecule has 2 aromatic rings. The van der Waals surface area contributed by atoms with E-state index in [0.29, 0.717) is 50.5 Å². The van der Waals surface area contributed by atoms with Crippen LogP contribution < -0.4 is 15.0 Å². The fourth-order valence-electron chi connectivity index (χ4n) is 4.74. The zero-order valence-corrected chi connectivity index (χ0v) is 19.1. The number of para-hydroxylation sites is 1. The van der Waals surface area contributed by atoms with Crippen LogP contribution in [0.2, 0.25) is 0 Å². The van der Waals surface area contributed by atoms with E-state index >= 15 is 0 Å². The molecular weight excluding hydrogens is 420 g/mol. The van der Waals surface area contributed by atoms with Gasteiger partial charge in [0.25, 0.3) is 11.8 Å². The first-order valence-electron chi connectivity index (χ1n) is 11.3. The maximum atomic E-state index is 13.6. The Bertz CT molecular complexity index is 1000. The van der Waals surface area contributed by atoms with Crippen molar-refractivity contribution in [1.29, 1.82) is 0 Å². The Kier molecular flexibility index (Phi) is 6.53. The number of ether oxygens (including phenoxy) is 1. The molecule has 174 valence electrons. The van der Waals surface area contributed by atoms with Crippen molar-refractivity contribution in [2.75, 3.05) is 44.9 Å². The number of piperidine rings is 1. The molecule has 2 heterocycles. The van der Waals surface area contributed by atoms with Gasteiger partial charge in [0.1, 0.15) is 17.8 Å². The quantitative estimate of drug-likeness (QED) is 0.729. The van der Waals surface area contributed by atoms with Gasteiger partial charge in [0.15, 0.2) is 0 Å². The first-order valence-corrected chi connectivity index (χ1v) is 11.3. The van der Waals surface area contributed by atoms with Crippen molar-refractivity contribution in [3.05, 3.63) is 60.2 Å². The number of hydrogen-bond acceptors (Lipinski definition) is 5. The second kappa shape index (κ2) is 9.52. The summed E-state index contributed by atoms with van der Waals surface area (Å²) in [5, 5.41) is 2.77. The lowest BCUT2D eigenvalue weighted by Crippen LogP contribution is -2.57. The molecule has 8 heteroatoms. The lowest BCUT2D eigenvalue weighted by molar-refractivity contribution is -0.137. The van der Waals surface area contributed by atoms with Gasteiger partial charge in [-0.25, -0.2) is 0 Å². The second-order valence-electron chi connectivity index (χ2n) is 8.41. The van der Waals surface area contributed by atoms with Gasteiger partial charge in [0, 0.05) is 30.9 Å². The van der Waals surface area contributed by atoms with Crippen LogP contribution in [0.3, 0.4) is 0 Å². The van der Waals surface area contributed by atoms with Crippen LogP contribution in [0.15, 0.2) is 54.6 Å². The molecule has 33 heavy (non-hydrogen) atoms. The number of likely N-dealkylation sites (tertiary alicyclic amines) is 1. The normalized spacial score (nSPS) is 17.4. The topological polar surface area (TPSA) is 82.2 Å². The van der Waals surface area contributed by atoms with Gasteiger partial charge in [0.2, 0.25) is 5.91 Å². The van der Waals surface area contributed by atoms with Gasteiger partial charge < -0.3 is 24.8 Å². The number of anilines is 1. The Hall–Kier alpha value is -3.55. The van der Waals surface area contributed by atoms with Gasteiger partial charge in [-0.15, -0.1) is 0 Å². The van der Waals surface area contributed by atoms with Crippen molar-refractivity contribution < 1.29 is 19.1 Å². The predicted octanol–water partition coefficient (Wildman–Crippen LogP) is 2.11. The van der Waals surface area contributed by atoms with E-state index in [0.717, 1.165) is 5.69 Å². The number of methoxy groups -OCH3 is 1. The fourth-order valence-corrected chi connectivity index (χ4v) is 4.74. The summed E-state index contributed by atoms with van der Waals surface area (Å²) >= 11 is 0. The van der Waals surface area contributed by atoms with Crippen LogP contribution in [0.1, 0.15) is 30.1 Å². The third kappa shape index (κ3) is 4.37. The third-order valence-electron chi connectivity index (χ3n) is 6.51. The van der Waals surface area contributed by atoms with Crippen molar-refractivity contribution >= 4 is 23.4 Å². The number of hydrogen-bond donors (Lipinski definition) is 1. The average Bonchev–Trinajstić information content (AvgIpc) is 3.11. The molecule has 8 nitrogen and oxygen atoms in total. The number of carbonyl (C=O) groups is 3. The van der Waals surface area contributed by atoms with E-state index in [1.54, 1.807) is 41.2 Å². The average molecular weight is 451 g/mol. The molecule has 2 aliphatic rings. The maximum Gasteiger partial charge on any atom is 0.253 e. The number of nitrogens with zero attached hydrogens (tertiary/aromatic N) is 3. The minimum Gasteiger partial charge on any atom is -0.497 e. The molecule has 3 amide bonds. The van der Waals surface area contributed by atoms with Crippen LogP contribution in [-0.4, -0.2) is 73.0 Å². The largest absolute Gasteiger partial charge is 0.497 e. The van der Waals surface area contributed by atoms with E-state index in [1.807, 2.05) is 37.3 Å². The molecule has 4 rings (SSSR count). The predicted molar refractivity (Wildman–Crippen MR) is 125 cm³/mol. The summed E-state index contributed by atoms with van der Waals surface area (Å²) in [7, 11) is 1.59. The van der Waals surface area contributed by atoms with E-state index in [-0.39, 0.29) is 24.3 Å². The number of rotatable bonds is 6. The van der Waals surface area contributed by atoms with Gasteiger partial charge in [-0.1, -0.05) is 18.2 Å². The van der Waals surface area contributed by atoms with E-state index in [2.05, 4.69) is 10.2 Å². The highest BCUT2D eigenvalue weighted by molar-refractivity contribution is 5.97. The molecule has 0 aromatic heterocycles. The lowest BCUT2D eigenvalue weighted by atomic mass is 9.85. The standard InChI is InChI=1S/C25H30N4O4/c1-3-26-22(30)17-28-18-29(20-7-5-4-6-8-20)25(24(28)32)13-15-27(16-14-25)23(31)19-9-11-21(33-2)12-10-19/h4-12H,3,13-18H2,1-2H3,(H,26,30). The molecule has 1 N–H and O–H groups in total. The number of benzene rings is 2. The molecule has 0 aliphatic carbocycles. The molecule has 2 saturated heterocycles. The minimum absolute atomic E-state index is 0.0340. The van der Waals surface area contributed by atoms with Crippen LogP contribution in [0.5, 0.6) is 5.75 Å². The summed E-state index contributed by atoms with van der Waals surface area (Å²) in [6.07, 6.45) is 1.02. The maximum absolute atomic E-state index is 13.6. The van der Waals surface area contributed by atoms with Crippen molar-refractivity contribution in [3.63, 3.8) is 0 Å². The summed E-state index contributed by atoms with van der Waals surface area (Å²) in [6.45, 7) is 3.70. The van der Waals surface area contributed by atoms with Crippen molar-refractivity contribution in [3.8, 4) is 5.75 Å². The number of carbonyl (C=O) groups excluding carboxylic acids is 3. The monoisotopic (exact) mass is 450 g/mol. The van der Waals surface area contributed by atoms with E-state index in [9.17, 15) is 14.4 Å². The van der Waals surface area contributed by atoms with Crippen LogP contribution in [0, 0.1) is 0 Å². The molecule has 2 fully saturated rings. The third-order valence-corrected chi connectivity index (χ3v) is 6.51. The van der Waals surface area contributed by atoms with Crippen molar-refractivity contribution in [1.82, 2.24) is 15.1 Å². The summed E-state index contributed by atoms with van der Waals surface area (Å²) in [5.74, 6) is 0.437. The molecule has 1 spiro atoms. The first-order chi connectivity index (χ1) is 16.0. The number of amides is 3. The Morgan fingerprint density at radius 2 is 1.70 bits per heavy atom. The van der Waals surface area contributed by atoms with Gasteiger partial charge >= 0.3 is 0 Å². The lowest BCUT2D eigenvalue weighted by Gasteiger charge is -2.43. The SMILES string of the molecule is CCNC(=O)CN1CN(c2ccccc2)C2(CCN(C(=O)c3ccc(OC)cc3)CC2)C1=O. The van der Waals surface area contributed by atoms with Gasteiger partial charge in [-0.2, -0.15) is 0 Å². The number of likely N-dealkylation sites (N-methyl/N-ethyl adjacent to an activating group) is 1. The van der Waals surface area contributed by atoms with Crippen LogP contribution in [0.25, 0.3) is 0 Å². The Balaban J connectivity index is 1.53. The Morgan fingerprint density at radius 3 is 2.30 bits per heavy atom. The summed E-state index contributed by atoms with van der Waals surface area (Å²) in [6, 6.07) is 16.9. The van der Waals surface area contributed by atoms with Crippen LogP contribution in [0.4, 0.5) is 5.69 Å². The van der Waals surface area contributed by atoms with E-state index in [1.165, 1.54) is 0 Å². The number of nitrogens with one attached hydrogen (secondary N) is 1. The van der Waals surface area contributed by atoms with Crippen molar-refractivity contribution in [2.24, 2.45) is 0 Å². The summed E-state index contributed by atoms with van der Waals surface area (Å²) < 4.78 is 5.18.